The van der Waals surface area contributed by atoms with Gasteiger partial charge in [0.25, 0.3) is 0 Å². The smallest absolute Gasteiger partial charge is 0.223 e. The van der Waals surface area contributed by atoms with Crippen LogP contribution in [0.4, 0.5) is 4.39 Å². The van der Waals surface area contributed by atoms with Gasteiger partial charge in [-0.2, -0.15) is 0 Å². The molecule has 1 aromatic carbocycles. The summed E-state index contributed by atoms with van der Waals surface area (Å²) in [7, 11) is 0. The van der Waals surface area contributed by atoms with E-state index in [0.717, 1.165) is 54.7 Å². The van der Waals surface area contributed by atoms with Gasteiger partial charge in [0.1, 0.15) is 5.82 Å². The first-order chi connectivity index (χ1) is 17.0. The Bertz CT molecular complexity index is 1230. The highest BCUT2D eigenvalue weighted by Crippen LogP contribution is 2.38. The fourth-order valence-corrected chi connectivity index (χ4v) is 6.36. The Labute approximate surface area is 209 Å². The molecule has 0 saturated carbocycles. The zero-order valence-electron chi connectivity index (χ0n) is 20.0. The third kappa shape index (κ3) is 5.15. The van der Waals surface area contributed by atoms with Gasteiger partial charge in [-0.15, -0.1) is 11.3 Å². The van der Waals surface area contributed by atoms with Crippen LogP contribution in [0.15, 0.2) is 53.9 Å². The van der Waals surface area contributed by atoms with Crippen LogP contribution in [0.5, 0.6) is 0 Å². The highest BCUT2D eigenvalue weighted by atomic mass is 32.1. The molecule has 1 saturated heterocycles. The molecule has 0 aliphatic carbocycles. The van der Waals surface area contributed by atoms with Crippen LogP contribution >= 0.6 is 11.3 Å². The molecule has 3 aromatic rings. The van der Waals surface area contributed by atoms with Gasteiger partial charge in [0.15, 0.2) is 0 Å². The Kier molecular flexibility index (Phi) is 6.95. The van der Waals surface area contributed by atoms with E-state index in [-0.39, 0.29) is 42.6 Å². The molecule has 4 heterocycles. The van der Waals surface area contributed by atoms with E-state index in [1.807, 2.05) is 52.4 Å². The fraction of sp³-hybridized carbons (Fsp3) is 0.393. The van der Waals surface area contributed by atoms with Crippen LogP contribution in [-0.4, -0.2) is 45.7 Å². The molecule has 2 unspecified atom stereocenters. The maximum absolute atomic E-state index is 14.0. The normalized spacial score (nSPS) is 19.6. The maximum Gasteiger partial charge on any atom is 0.223 e. The summed E-state index contributed by atoms with van der Waals surface area (Å²) in [6, 6.07) is 14.3. The Morgan fingerprint density at radius 1 is 1.06 bits per heavy atom. The molecule has 2 aliphatic rings. The van der Waals surface area contributed by atoms with Crippen LogP contribution in [0.2, 0.25) is 0 Å². The van der Waals surface area contributed by atoms with Crippen molar-refractivity contribution in [2.75, 3.05) is 13.1 Å². The number of carbonyl (C=O) groups is 2. The lowest BCUT2D eigenvalue weighted by Crippen LogP contribution is -2.41. The van der Waals surface area contributed by atoms with E-state index < -0.39 is 0 Å². The lowest BCUT2D eigenvalue weighted by Gasteiger charge is -2.36. The van der Waals surface area contributed by atoms with Gasteiger partial charge >= 0.3 is 0 Å². The second-order valence-corrected chi connectivity index (χ2v) is 10.5. The van der Waals surface area contributed by atoms with Crippen LogP contribution < -0.4 is 0 Å². The average Bonchev–Trinajstić information content (AvgIpc) is 3.51. The largest absolute Gasteiger partial charge is 0.339 e. The number of amides is 2. The minimum atomic E-state index is -0.310. The van der Waals surface area contributed by atoms with Gasteiger partial charge in [-0.1, -0.05) is 18.2 Å². The lowest BCUT2D eigenvalue weighted by molar-refractivity contribution is -0.138. The monoisotopic (exact) mass is 491 g/mol. The minimum Gasteiger partial charge on any atom is -0.339 e. The van der Waals surface area contributed by atoms with Gasteiger partial charge in [-0.05, 0) is 73.0 Å². The number of benzene rings is 1. The number of aromatic nitrogens is 1. The van der Waals surface area contributed by atoms with Gasteiger partial charge in [-0.3, -0.25) is 14.6 Å². The molecule has 0 bridgehead atoms. The van der Waals surface area contributed by atoms with E-state index in [0.29, 0.717) is 6.54 Å². The van der Waals surface area contributed by atoms with Crippen molar-refractivity contribution in [1.82, 2.24) is 14.8 Å². The van der Waals surface area contributed by atoms with Gasteiger partial charge in [0.05, 0.1) is 6.04 Å². The molecule has 0 radical (unpaired) electrons. The van der Waals surface area contributed by atoms with Crippen molar-refractivity contribution in [2.24, 2.45) is 0 Å². The van der Waals surface area contributed by atoms with Crippen molar-refractivity contribution in [2.45, 2.75) is 57.5 Å². The predicted octanol–water partition coefficient (Wildman–Crippen LogP) is 5.08. The number of hydrogen-bond acceptors (Lipinski definition) is 4. The van der Waals surface area contributed by atoms with Gasteiger partial charge < -0.3 is 9.80 Å². The zero-order chi connectivity index (χ0) is 24.4. The highest BCUT2D eigenvalue weighted by molar-refractivity contribution is 7.10. The van der Waals surface area contributed by atoms with Gasteiger partial charge in [0, 0.05) is 54.7 Å². The molecule has 5 rings (SSSR count). The summed E-state index contributed by atoms with van der Waals surface area (Å²) in [5.74, 6) is -0.333. The first-order valence-corrected chi connectivity index (χ1v) is 13.2. The van der Waals surface area contributed by atoms with E-state index in [2.05, 4.69) is 4.98 Å². The Morgan fingerprint density at radius 2 is 1.86 bits per heavy atom. The first-order valence-electron chi connectivity index (χ1n) is 12.3. The number of halogens is 1. The third-order valence-electron chi connectivity index (χ3n) is 7.09. The SMILES string of the molecule is Cc1cccc(CC2CCCN2C(=O)CCC(=O)N2CCc3sccc3C2c2cccc(F)c2)n1. The molecular weight excluding hydrogens is 461 g/mol. The molecule has 0 spiro atoms. The van der Waals surface area contributed by atoms with Crippen molar-refractivity contribution in [1.29, 1.82) is 0 Å². The molecule has 2 atom stereocenters. The third-order valence-corrected chi connectivity index (χ3v) is 8.09. The molecule has 2 aliphatic heterocycles. The van der Waals surface area contributed by atoms with Crippen molar-refractivity contribution in [3.63, 3.8) is 0 Å². The number of hydrogen-bond donors (Lipinski definition) is 0. The van der Waals surface area contributed by atoms with Crippen LogP contribution in [0.3, 0.4) is 0 Å². The number of nitrogens with zero attached hydrogens (tertiary/aromatic N) is 3. The number of thiophene rings is 1. The molecule has 182 valence electrons. The second-order valence-electron chi connectivity index (χ2n) is 9.45. The number of carbonyl (C=O) groups excluding carboxylic acids is 2. The summed E-state index contributed by atoms with van der Waals surface area (Å²) in [6.45, 7) is 3.29. The fourth-order valence-electron chi connectivity index (χ4n) is 5.45. The van der Waals surface area contributed by atoms with E-state index >= 15 is 0 Å². The summed E-state index contributed by atoms with van der Waals surface area (Å²) >= 11 is 1.68. The molecule has 5 nitrogen and oxygen atoms in total. The lowest BCUT2D eigenvalue weighted by atomic mass is 9.92. The standard InChI is InChI=1S/C28H30FN3O2S/c1-19-5-2-8-22(30-19)18-23-9-4-14-31(23)26(33)10-11-27(34)32-15-12-25-24(13-16-35-25)28(32)20-6-3-7-21(29)17-20/h2-3,5-8,13,16-17,23,28H,4,9-12,14-15,18H2,1H3. The first kappa shape index (κ1) is 23.7. The summed E-state index contributed by atoms with van der Waals surface area (Å²) in [6.07, 6.45) is 3.83. The van der Waals surface area contributed by atoms with E-state index in [1.165, 1.54) is 17.0 Å². The van der Waals surface area contributed by atoms with Crippen molar-refractivity contribution in [3.8, 4) is 0 Å². The quantitative estimate of drug-likeness (QED) is 0.483. The molecule has 7 heteroatoms. The Balaban J connectivity index is 1.26. The minimum absolute atomic E-state index is 0.0315. The van der Waals surface area contributed by atoms with Crippen molar-refractivity contribution >= 4 is 23.2 Å². The predicted molar refractivity (Wildman–Crippen MR) is 135 cm³/mol. The van der Waals surface area contributed by atoms with Crippen LogP contribution in [0, 0.1) is 12.7 Å². The Morgan fingerprint density at radius 3 is 2.66 bits per heavy atom. The molecule has 1 fully saturated rings. The van der Waals surface area contributed by atoms with Gasteiger partial charge in [0.2, 0.25) is 11.8 Å². The van der Waals surface area contributed by atoms with Crippen molar-refractivity contribution < 1.29 is 14.0 Å². The number of rotatable bonds is 6. The summed E-state index contributed by atoms with van der Waals surface area (Å²) < 4.78 is 14.0. The van der Waals surface area contributed by atoms with E-state index in [1.54, 1.807) is 17.4 Å². The number of aryl methyl sites for hydroxylation is 1. The zero-order valence-corrected chi connectivity index (χ0v) is 20.8. The summed E-state index contributed by atoms with van der Waals surface area (Å²) in [5, 5.41) is 2.03. The topological polar surface area (TPSA) is 53.5 Å². The number of pyridine rings is 1. The summed E-state index contributed by atoms with van der Waals surface area (Å²) in [4.78, 5) is 36.1. The Hall–Kier alpha value is -3.06. The van der Waals surface area contributed by atoms with E-state index in [9.17, 15) is 14.0 Å². The second kappa shape index (κ2) is 10.3. The van der Waals surface area contributed by atoms with Crippen molar-refractivity contribution in [3.05, 3.63) is 87.1 Å². The molecule has 35 heavy (non-hydrogen) atoms. The van der Waals surface area contributed by atoms with Crippen LogP contribution in [0.1, 0.15) is 59.1 Å². The summed E-state index contributed by atoms with van der Waals surface area (Å²) in [5.41, 5.74) is 3.82. The highest BCUT2D eigenvalue weighted by Gasteiger charge is 2.34. The molecule has 2 amide bonds. The van der Waals surface area contributed by atoms with Crippen LogP contribution in [0.25, 0.3) is 0 Å². The molecular formula is C28H30FN3O2S. The van der Waals surface area contributed by atoms with Crippen LogP contribution in [-0.2, 0) is 22.4 Å². The van der Waals surface area contributed by atoms with E-state index in [4.69, 9.17) is 0 Å². The van der Waals surface area contributed by atoms with Gasteiger partial charge in [-0.25, -0.2) is 4.39 Å². The molecule has 2 aromatic heterocycles. The number of fused-ring (bicyclic) bond motifs is 1. The maximum atomic E-state index is 14.0. The molecule has 0 N–H and O–H groups in total. The number of likely N-dealkylation sites (tertiary alicyclic amines) is 1. The average molecular weight is 492 g/mol.